The highest BCUT2D eigenvalue weighted by Crippen LogP contribution is 2.29. The molecule has 1 aromatic rings. The van der Waals surface area contributed by atoms with E-state index < -0.39 is 5.82 Å². The number of likely N-dealkylation sites (N-methyl/N-ethyl adjacent to an activating group) is 1. The Morgan fingerprint density at radius 3 is 2.88 bits per heavy atom. The molecule has 4 heteroatoms. The van der Waals surface area contributed by atoms with Gasteiger partial charge in [-0.1, -0.05) is 0 Å². The average Bonchev–Trinajstić information content (AvgIpc) is 3.05. The lowest BCUT2D eigenvalue weighted by atomic mass is 10.1. The number of carbonyl (C=O) groups excluding carboxylic acids is 1. The van der Waals surface area contributed by atoms with E-state index in [1.165, 1.54) is 18.9 Å². The van der Waals surface area contributed by atoms with Crippen LogP contribution in [-0.2, 0) is 0 Å². The Morgan fingerprint density at radius 2 is 2.24 bits per heavy atom. The molecule has 1 aliphatic rings. The third-order valence-electron chi connectivity index (χ3n) is 2.94. The van der Waals surface area contributed by atoms with Gasteiger partial charge in [-0.05, 0) is 44.0 Å². The number of hydrogen-bond donors (Lipinski definition) is 1. The molecule has 3 nitrogen and oxygen atoms in total. The van der Waals surface area contributed by atoms with Gasteiger partial charge in [0.05, 0.1) is 12.1 Å². The molecule has 1 aromatic carbocycles. The number of ketones is 1. The summed E-state index contributed by atoms with van der Waals surface area (Å²) in [5.74, 6) is -0.203. The minimum atomic E-state index is -0.504. The molecule has 0 radical (unpaired) electrons. The molecule has 17 heavy (non-hydrogen) atoms. The number of nitrogens with zero attached hydrogens (tertiary/aromatic N) is 1. The summed E-state index contributed by atoms with van der Waals surface area (Å²) in [6.45, 7) is 1.11. The van der Waals surface area contributed by atoms with Crippen molar-refractivity contribution in [1.82, 2.24) is 4.90 Å². The maximum absolute atomic E-state index is 13.0. The van der Waals surface area contributed by atoms with E-state index in [1.807, 2.05) is 11.9 Å². The van der Waals surface area contributed by atoms with E-state index in [4.69, 9.17) is 0 Å². The van der Waals surface area contributed by atoms with Crippen LogP contribution in [0.3, 0.4) is 0 Å². The van der Waals surface area contributed by atoms with Crippen molar-refractivity contribution < 1.29 is 14.3 Å². The summed E-state index contributed by atoms with van der Waals surface area (Å²) in [6.07, 6.45) is 2.45. The van der Waals surface area contributed by atoms with Crippen molar-refractivity contribution in [3.05, 3.63) is 29.6 Å². The lowest BCUT2D eigenvalue weighted by molar-refractivity contribution is 0.0941. The van der Waals surface area contributed by atoms with Crippen LogP contribution in [0.2, 0.25) is 0 Å². The minimum absolute atomic E-state index is 0.0626. The largest absolute Gasteiger partial charge is 0.507 e. The molecule has 0 aromatic heterocycles. The molecular weight excluding hydrogens is 221 g/mol. The van der Waals surface area contributed by atoms with Gasteiger partial charge in [-0.2, -0.15) is 0 Å². The molecule has 0 saturated heterocycles. The summed E-state index contributed by atoms with van der Waals surface area (Å²) in [5.41, 5.74) is 0.0626. The van der Waals surface area contributed by atoms with Crippen molar-refractivity contribution in [1.29, 1.82) is 0 Å². The fraction of sp³-hybridized carbons (Fsp3) is 0.462. The molecule has 92 valence electrons. The summed E-state index contributed by atoms with van der Waals surface area (Å²) in [6, 6.07) is 3.44. The Kier molecular flexibility index (Phi) is 3.43. The number of phenols is 1. The number of carbonyl (C=O) groups is 1. The van der Waals surface area contributed by atoms with E-state index in [0.717, 1.165) is 18.7 Å². The zero-order chi connectivity index (χ0) is 12.4. The normalized spacial score (nSPS) is 15.2. The van der Waals surface area contributed by atoms with Gasteiger partial charge in [-0.15, -0.1) is 0 Å². The van der Waals surface area contributed by atoms with Crippen molar-refractivity contribution in [2.24, 2.45) is 5.92 Å². The first kappa shape index (κ1) is 12.0. The monoisotopic (exact) mass is 237 g/mol. The van der Waals surface area contributed by atoms with Gasteiger partial charge >= 0.3 is 0 Å². The molecule has 1 fully saturated rings. The van der Waals surface area contributed by atoms with Crippen molar-refractivity contribution >= 4 is 5.78 Å². The molecule has 1 aliphatic carbocycles. The number of aromatic hydroxyl groups is 1. The number of rotatable bonds is 5. The Bertz CT molecular complexity index is 429. The highest BCUT2D eigenvalue weighted by Gasteiger charge is 2.24. The molecule has 0 heterocycles. The van der Waals surface area contributed by atoms with Crippen LogP contribution >= 0.6 is 0 Å². The summed E-state index contributed by atoms with van der Waals surface area (Å²) < 4.78 is 13.0. The third kappa shape index (κ3) is 3.27. The van der Waals surface area contributed by atoms with Crippen molar-refractivity contribution in [3.63, 3.8) is 0 Å². The van der Waals surface area contributed by atoms with E-state index >= 15 is 0 Å². The van der Waals surface area contributed by atoms with E-state index in [0.29, 0.717) is 5.92 Å². The molecule has 1 saturated carbocycles. The SMILES string of the molecule is CN(CC(=O)c1cc(F)ccc1O)CC1CC1. The Hall–Kier alpha value is -1.42. The van der Waals surface area contributed by atoms with E-state index in [2.05, 4.69) is 0 Å². The second-order valence-corrected chi connectivity index (χ2v) is 4.72. The fourth-order valence-corrected chi connectivity index (χ4v) is 1.87. The van der Waals surface area contributed by atoms with Crippen LogP contribution in [0.5, 0.6) is 5.75 Å². The smallest absolute Gasteiger partial charge is 0.180 e. The van der Waals surface area contributed by atoms with Crippen LogP contribution in [0, 0.1) is 11.7 Å². The number of Topliss-reactive ketones (excluding diaryl/α,β-unsaturated/α-hetero) is 1. The molecule has 0 amide bonds. The van der Waals surface area contributed by atoms with Crippen LogP contribution in [0.25, 0.3) is 0 Å². The number of hydrogen-bond acceptors (Lipinski definition) is 3. The lowest BCUT2D eigenvalue weighted by Crippen LogP contribution is -2.28. The first-order chi connectivity index (χ1) is 8.06. The van der Waals surface area contributed by atoms with Crippen molar-refractivity contribution in [2.75, 3.05) is 20.1 Å². The predicted octanol–water partition coefficient (Wildman–Crippen LogP) is 2.06. The van der Waals surface area contributed by atoms with Crippen LogP contribution in [-0.4, -0.2) is 35.9 Å². The van der Waals surface area contributed by atoms with Crippen molar-refractivity contribution in [2.45, 2.75) is 12.8 Å². The van der Waals surface area contributed by atoms with E-state index in [-0.39, 0.29) is 23.6 Å². The van der Waals surface area contributed by atoms with Gasteiger partial charge in [-0.3, -0.25) is 9.69 Å². The van der Waals surface area contributed by atoms with Crippen LogP contribution in [0.15, 0.2) is 18.2 Å². The molecule has 0 spiro atoms. The molecule has 0 unspecified atom stereocenters. The van der Waals surface area contributed by atoms with Gasteiger partial charge in [-0.25, -0.2) is 4.39 Å². The first-order valence-electron chi connectivity index (χ1n) is 5.76. The van der Waals surface area contributed by atoms with Crippen LogP contribution < -0.4 is 0 Å². The van der Waals surface area contributed by atoms with Gasteiger partial charge in [0.15, 0.2) is 5.78 Å². The van der Waals surface area contributed by atoms with Gasteiger partial charge in [0, 0.05) is 6.54 Å². The lowest BCUT2D eigenvalue weighted by Gasteiger charge is -2.15. The van der Waals surface area contributed by atoms with E-state index in [1.54, 1.807) is 0 Å². The Labute approximate surface area is 99.9 Å². The second kappa shape index (κ2) is 4.84. The number of halogens is 1. The zero-order valence-electron chi connectivity index (χ0n) is 9.82. The third-order valence-corrected chi connectivity index (χ3v) is 2.94. The molecular formula is C13H16FNO2. The number of benzene rings is 1. The highest BCUT2D eigenvalue weighted by atomic mass is 19.1. The topological polar surface area (TPSA) is 40.5 Å². The summed E-state index contributed by atoms with van der Waals surface area (Å²) in [4.78, 5) is 13.8. The van der Waals surface area contributed by atoms with Gasteiger partial charge in [0.1, 0.15) is 11.6 Å². The van der Waals surface area contributed by atoms with Crippen LogP contribution in [0.4, 0.5) is 4.39 Å². The van der Waals surface area contributed by atoms with Gasteiger partial charge in [0.25, 0.3) is 0 Å². The minimum Gasteiger partial charge on any atom is -0.507 e. The highest BCUT2D eigenvalue weighted by molar-refractivity contribution is 5.99. The molecule has 0 aliphatic heterocycles. The van der Waals surface area contributed by atoms with Gasteiger partial charge < -0.3 is 5.11 Å². The first-order valence-corrected chi connectivity index (χ1v) is 5.76. The molecule has 0 atom stereocenters. The summed E-state index contributed by atoms with van der Waals surface area (Å²) in [7, 11) is 1.87. The average molecular weight is 237 g/mol. The molecule has 2 rings (SSSR count). The summed E-state index contributed by atoms with van der Waals surface area (Å²) in [5, 5.41) is 9.51. The fourth-order valence-electron chi connectivity index (χ4n) is 1.87. The molecule has 1 N–H and O–H groups in total. The quantitative estimate of drug-likeness (QED) is 0.797. The molecule has 0 bridgehead atoms. The maximum Gasteiger partial charge on any atom is 0.180 e. The number of phenolic OH excluding ortho intramolecular Hbond substituents is 1. The second-order valence-electron chi connectivity index (χ2n) is 4.72. The Morgan fingerprint density at radius 1 is 1.53 bits per heavy atom. The maximum atomic E-state index is 13.0. The summed E-state index contributed by atoms with van der Waals surface area (Å²) >= 11 is 0. The van der Waals surface area contributed by atoms with Crippen LogP contribution in [0.1, 0.15) is 23.2 Å². The standard InChI is InChI=1S/C13H16FNO2/c1-15(7-9-2-3-9)8-13(17)11-6-10(14)4-5-12(11)16/h4-6,9,16H,2-3,7-8H2,1H3. The van der Waals surface area contributed by atoms with E-state index in [9.17, 15) is 14.3 Å². The Balaban J connectivity index is 2.00. The van der Waals surface area contributed by atoms with Crippen molar-refractivity contribution in [3.8, 4) is 5.75 Å². The zero-order valence-corrected chi connectivity index (χ0v) is 9.82. The predicted molar refractivity (Wildman–Crippen MR) is 62.6 cm³/mol. The van der Waals surface area contributed by atoms with Gasteiger partial charge in [0.2, 0.25) is 0 Å².